The van der Waals surface area contributed by atoms with Crippen molar-refractivity contribution >= 4 is 5.95 Å². The van der Waals surface area contributed by atoms with Crippen molar-refractivity contribution in [2.75, 3.05) is 26.0 Å². The van der Waals surface area contributed by atoms with Crippen molar-refractivity contribution in [2.24, 2.45) is 5.92 Å². The normalized spacial score (nSPS) is 13.4. The Kier molecular flexibility index (Phi) is 5.48. The third kappa shape index (κ3) is 5.22. The van der Waals surface area contributed by atoms with Crippen LogP contribution in [0.25, 0.3) is 0 Å². The summed E-state index contributed by atoms with van der Waals surface area (Å²) in [6.45, 7) is 8.76. The van der Waals surface area contributed by atoms with E-state index >= 15 is 0 Å². The first kappa shape index (κ1) is 14.0. The summed E-state index contributed by atoms with van der Waals surface area (Å²) in [5.74, 6) is 1.63. The van der Waals surface area contributed by atoms with Crippen LogP contribution in [0.4, 0.5) is 5.95 Å². The van der Waals surface area contributed by atoms with Crippen LogP contribution in [0, 0.1) is 5.92 Å². The van der Waals surface area contributed by atoms with Crippen molar-refractivity contribution < 1.29 is 0 Å². The first-order valence-corrected chi connectivity index (χ1v) is 6.41. The lowest BCUT2D eigenvalue weighted by molar-refractivity contribution is 0.389. The molecule has 0 fully saturated rings. The van der Waals surface area contributed by atoms with Gasteiger partial charge < -0.3 is 14.8 Å². The molecule has 1 heterocycles. The van der Waals surface area contributed by atoms with Crippen LogP contribution in [-0.4, -0.2) is 41.1 Å². The topological polar surface area (TPSA) is 33.1 Å². The van der Waals surface area contributed by atoms with E-state index in [0.29, 0.717) is 12.0 Å². The Hall–Kier alpha value is -1.03. The van der Waals surface area contributed by atoms with Gasteiger partial charge in [-0.15, -0.1) is 0 Å². The second-order valence-electron chi connectivity index (χ2n) is 5.43. The molecule has 0 aliphatic carbocycles. The molecule has 98 valence electrons. The van der Waals surface area contributed by atoms with Crippen molar-refractivity contribution in [3.8, 4) is 0 Å². The van der Waals surface area contributed by atoms with Crippen molar-refractivity contribution in [3.63, 3.8) is 0 Å². The number of nitrogens with zero attached hydrogens (tertiary/aromatic N) is 3. The molecule has 1 aromatic rings. The fraction of sp³-hybridized carbons (Fsp3) is 0.769. The maximum Gasteiger partial charge on any atom is 0.202 e. The van der Waals surface area contributed by atoms with Crippen molar-refractivity contribution in [1.29, 1.82) is 0 Å². The molecule has 0 radical (unpaired) electrons. The first-order valence-electron chi connectivity index (χ1n) is 6.41. The van der Waals surface area contributed by atoms with Gasteiger partial charge in [0, 0.05) is 25.0 Å². The van der Waals surface area contributed by atoms with E-state index in [1.54, 1.807) is 0 Å². The first-order chi connectivity index (χ1) is 7.99. The SMILES string of the molecule is CC(C)Cn1ccnc1NC(C)CCN(C)C. The monoisotopic (exact) mass is 238 g/mol. The van der Waals surface area contributed by atoms with Gasteiger partial charge in [-0.3, -0.25) is 0 Å². The molecule has 0 saturated carbocycles. The molecule has 1 aromatic heterocycles. The molecule has 1 rings (SSSR count). The number of hydrogen-bond acceptors (Lipinski definition) is 3. The summed E-state index contributed by atoms with van der Waals surface area (Å²) in [5, 5.41) is 3.48. The Balaban J connectivity index is 2.47. The highest BCUT2D eigenvalue weighted by molar-refractivity contribution is 5.27. The van der Waals surface area contributed by atoms with Crippen LogP contribution in [0.15, 0.2) is 12.4 Å². The van der Waals surface area contributed by atoms with Crippen LogP contribution in [-0.2, 0) is 6.54 Å². The predicted octanol–water partition coefficient (Wildman–Crippen LogP) is 2.29. The molecule has 0 aliphatic rings. The van der Waals surface area contributed by atoms with E-state index in [1.165, 1.54) is 0 Å². The van der Waals surface area contributed by atoms with Gasteiger partial charge in [0.1, 0.15) is 0 Å². The summed E-state index contributed by atoms with van der Waals surface area (Å²) < 4.78 is 2.19. The molecule has 1 N–H and O–H groups in total. The van der Waals surface area contributed by atoms with Gasteiger partial charge >= 0.3 is 0 Å². The van der Waals surface area contributed by atoms with E-state index < -0.39 is 0 Å². The van der Waals surface area contributed by atoms with Gasteiger partial charge in [-0.1, -0.05) is 13.8 Å². The summed E-state index contributed by atoms with van der Waals surface area (Å²) in [7, 11) is 4.21. The number of rotatable bonds is 7. The number of anilines is 1. The molecule has 1 unspecified atom stereocenters. The van der Waals surface area contributed by atoms with Gasteiger partial charge in [0.25, 0.3) is 0 Å². The van der Waals surface area contributed by atoms with Gasteiger partial charge in [-0.2, -0.15) is 0 Å². The number of nitrogens with one attached hydrogen (secondary N) is 1. The minimum absolute atomic E-state index is 0.450. The van der Waals surface area contributed by atoms with Crippen LogP contribution in [0.1, 0.15) is 27.2 Å². The van der Waals surface area contributed by atoms with E-state index in [2.05, 4.69) is 54.6 Å². The Labute approximate surface area is 105 Å². The average molecular weight is 238 g/mol. The Morgan fingerprint density at radius 1 is 1.35 bits per heavy atom. The molecule has 4 heteroatoms. The minimum Gasteiger partial charge on any atom is -0.353 e. The zero-order valence-electron chi connectivity index (χ0n) is 11.8. The summed E-state index contributed by atoms with van der Waals surface area (Å²) in [4.78, 5) is 6.58. The number of aromatic nitrogens is 2. The fourth-order valence-electron chi connectivity index (χ4n) is 1.73. The Morgan fingerprint density at radius 2 is 2.06 bits per heavy atom. The molecule has 0 spiro atoms. The summed E-state index contributed by atoms with van der Waals surface area (Å²) >= 11 is 0. The summed E-state index contributed by atoms with van der Waals surface area (Å²) in [5.41, 5.74) is 0. The van der Waals surface area contributed by atoms with Gasteiger partial charge in [0.15, 0.2) is 0 Å². The van der Waals surface area contributed by atoms with Crippen LogP contribution in [0.2, 0.25) is 0 Å². The van der Waals surface area contributed by atoms with Crippen molar-refractivity contribution in [3.05, 3.63) is 12.4 Å². The van der Waals surface area contributed by atoms with E-state index in [4.69, 9.17) is 0 Å². The molecular weight excluding hydrogens is 212 g/mol. The largest absolute Gasteiger partial charge is 0.353 e. The highest BCUT2D eigenvalue weighted by Gasteiger charge is 2.08. The second kappa shape index (κ2) is 6.64. The molecule has 1 atom stereocenters. The number of imidazole rings is 1. The molecule has 0 aromatic carbocycles. The second-order valence-corrected chi connectivity index (χ2v) is 5.43. The minimum atomic E-state index is 0.450. The summed E-state index contributed by atoms with van der Waals surface area (Å²) in [6.07, 6.45) is 5.03. The molecular formula is C13H26N4. The molecule has 0 saturated heterocycles. The van der Waals surface area contributed by atoms with Crippen LogP contribution >= 0.6 is 0 Å². The predicted molar refractivity (Wildman–Crippen MR) is 73.3 cm³/mol. The maximum absolute atomic E-state index is 4.37. The van der Waals surface area contributed by atoms with Crippen molar-refractivity contribution in [2.45, 2.75) is 39.8 Å². The van der Waals surface area contributed by atoms with E-state index in [1.807, 2.05) is 12.4 Å². The standard InChI is InChI=1S/C13H26N4/c1-11(2)10-17-9-7-14-13(17)15-12(3)6-8-16(4)5/h7,9,11-12H,6,8,10H2,1-5H3,(H,14,15). The lowest BCUT2D eigenvalue weighted by Crippen LogP contribution is -2.24. The molecule has 0 aliphatic heterocycles. The Bertz CT molecular complexity index is 317. The maximum atomic E-state index is 4.37. The highest BCUT2D eigenvalue weighted by atomic mass is 15.2. The highest BCUT2D eigenvalue weighted by Crippen LogP contribution is 2.10. The lowest BCUT2D eigenvalue weighted by atomic mass is 10.2. The van der Waals surface area contributed by atoms with Gasteiger partial charge in [0.05, 0.1) is 0 Å². The summed E-state index contributed by atoms with van der Waals surface area (Å²) in [6, 6.07) is 0.450. The van der Waals surface area contributed by atoms with E-state index in [9.17, 15) is 0 Å². The zero-order chi connectivity index (χ0) is 12.8. The third-order valence-corrected chi connectivity index (χ3v) is 2.66. The van der Waals surface area contributed by atoms with Crippen LogP contribution < -0.4 is 5.32 Å². The van der Waals surface area contributed by atoms with Crippen molar-refractivity contribution in [1.82, 2.24) is 14.5 Å². The number of hydrogen-bond donors (Lipinski definition) is 1. The third-order valence-electron chi connectivity index (χ3n) is 2.66. The molecule has 0 amide bonds. The quantitative estimate of drug-likeness (QED) is 0.791. The van der Waals surface area contributed by atoms with Gasteiger partial charge in [-0.05, 0) is 39.9 Å². The zero-order valence-corrected chi connectivity index (χ0v) is 11.8. The lowest BCUT2D eigenvalue weighted by Gasteiger charge is -2.18. The molecule has 17 heavy (non-hydrogen) atoms. The van der Waals surface area contributed by atoms with E-state index in [0.717, 1.165) is 25.5 Å². The van der Waals surface area contributed by atoms with Gasteiger partial charge in [-0.25, -0.2) is 4.98 Å². The molecule has 0 bridgehead atoms. The van der Waals surface area contributed by atoms with Gasteiger partial charge in [0.2, 0.25) is 5.95 Å². The fourth-order valence-corrected chi connectivity index (χ4v) is 1.73. The smallest absolute Gasteiger partial charge is 0.202 e. The molecule has 4 nitrogen and oxygen atoms in total. The van der Waals surface area contributed by atoms with Crippen LogP contribution in [0.3, 0.4) is 0 Å². The Morgan fingerprint density at radius 3 is 2.65 bits per heavy atom. The van der Waals surface area contributed by atoms with E-state index in [-0.39, 0.29) is 0 Å². The van der Waals surface area contributed by atoms with Crippen LogP contribution in [0.5, 0.6) is 0 Å². The average Bonchev–Trinajstić information content (AvgIpc) is 2.62.